The Morgan fingerprint density at radius 2 is 0.950 bits per heavy atom. The second-order valence-corrected chi connectivity index (χ2v) is 5.06. The monoisotopic (exact) mass is 293 g/mol. The Morgan fingerprint density at radius 1 is 0.650 bits per heavy atom. The molecule has 0 radical (unpaired) electrons. The number of nitrogens with zero attached hydrogens (tertiary/aromatic N) is 1. The van der Waals surface area contributed by atoms with Gasteiger partial charge in [-0.2, -0.15) is 0 Å². The summed E-state index contributed by atoms with van der Waals surface area (Å²) in [6, 6.07) is 15.8. The standard InChI is InChI=1S/C16H20NO2.ClH/c1-13-5-9-15(10-6-13)18-17(3,4)19-16-11-7-14(2)8-12-16;/h5-12H,1-4H3;1H/q+1;/p-1. The second kappa shape index (κ2) is 6.64. The van der Waals surface area contributed by atoms with E-state index in [1.165, 1.54) is 11.1 Å². The van der Waals surface area contributed by atoms with Crippen molar-refractivity contribution in [3.8, 4) is 11.5 Å². The topological polar surface area (TPSA) is 18.5 Å². The van der Waals surface area contributed by atoms with Crippen LogP contribution in [0.5, 0.6) is 11.5 Å². The smallest absolute Gasteiger partial charge is 0.195 e. The molecule has 3 nitrogen and oxygen atoms in total. The fraction of sp³-hybridized carbons (Fsp3) is 0.250. The fourth-order valence-corrected chi connectivity index (χ4v) is 1.72. The van der Waals surface area contributed by atoms with Crippen molar-refractivity contribution in [1.29, 1.82) is 0 Å². The lowest BCUT2D eigenvalue weighted by molar-refractivity contribution is -1.18. The Hall–Kier alpha value is -1.71. The average molecular weight is 294 g/mol. The van der Waals surface area contributed by atoms with Crippen LogP contribution in [0, 0.1) is 13.8 Å². The Labute approximate surface area is 126 Å². The Morgan fingerprint density at radius 3 is 1.25 bits per heavy atom. The van der Waals surface area contributed by atoms with E-state index in [1.807, 2.05) is 76.5 Å². The van der Waals surface area contributed by atoms with Crippen LogP contribution >= 0.6 is 0 Å². The predicted octanol–water partition coefficient (Wildman–Crippen LogP) is 0.672. The van der Waals surface area contributed by atoms with E-state index in [2.05, 4.69) is 0 Å². The molecule has 0 aliphatic rings. The highest BCUT2D eigenvalue weighted by molar-refractivity contribution is 5.26. The third-order valence-corrected chi connectivity index (χ3v) is 2.69. The third-order valence-electron chi connectivity index (χ3n) is 2.69. The molecule has 0 fully saturated rings. The van der Waals surface area contributed by atoms with E-state index in [-0.39, 0.29) is 17.2 Å². The first-order valence-corrected chi connectivity index (χ1v) is 6.31. The number of hydrogen-bond donors (Lipinski definition) is 0. The molecule has 20 heavy (non-hydrogen) atoms. The van der Waals surface area contributed by atoms with E-state index < -0.39 is 0 Å². The minimum Gasteiger partial charge on any atom is -1.00 e. The molecule has 0 unspecified atom stereocenters. The molecule has 0 atom stereocenters. The predicted molar refractivity (Wildman–Crippen MR) is 75.7 cm³/mol. The molecule has 4 heteroatoms. The number of quaternary nitrogens is 1. The van der Waals surface area contributed by atoms with Gasteiger partial charge in [0, 0.05) is 4.81 Å². The van der Waals surface area contributed by atoms with E-state index in [1.54, 1.807) is 0 Å². The summed E-state index contributed by atoms with van der Waals surface area (Å²) in [5.41, 5.74) is 2.41. The SMILES string of the molecule is Cc1ccc(O[N+](C)(C)Oc2ccc(C)cc2)cc1.[Cl-]. The van der Waals surface area contributed by atoms with Crippen LogP contribution in [0.15, 0.2) is 48.5 Å². The summed E-state index contributed by atoms with van der Waals surface area (Å²) >= 11 is 0. The fourth-order valence-electron chi connectivity index (χ4n) is 1.72. The Kier molecular flexibility index (Phi) is 5.43. The average Bonchev–Trinajstić information content (AvgIpc) is 2.34. The van der Waals surface area contributed by atoms with Crippen molar-refractivity contribution in [2.75, 3.05) is 14.1 Å². The zero-order valence-corrected chi connectivity index (χ0v) is 13.0. The molecule has 0 amide bonds. The van der Waals surface area contributed by atoms with E-state index in [9.17, 15) is 0 Å². The highest BCUT2D eigenvalue weighted by atomic mass is 35.5. The first-order valence-electron chi connectivity index (χ1n) is 6.31. The molecule has 0 aromatic heterocycles. The number of rotatable bonds is 4. The van der Waals surface area contributed by atoms with Gasteiger partial charge in [0.25, 0.3) is 0 Å². The van der Waals surface area contributed by atoms with Crippen LogP contribution in [-0.2, 0) is 0 Å². The normalized spacial score (nSPS) is 10.6. The maximum atomic E-state index is 5.81. The molecule has 0 heterocycles. The number of hydroxylamine groups is 4. The maximum absolute atomic E-state index is 5.81. The zero-order valence-electron chi connectivity index (χ0n) is 12.3. The molecular formula is C16H20ClNO2. The molecule has 108 valence electrons. The minimum absolute atomic E-state index is 0. The van der Waals surface area contributed by atoms with E-state index in [0.717, 1.165) is 11.5 Å². The molecule has 0 N–H and O–H groups in total. The van der Waals surface area contributed by atoms with Crippen LogP contribution in [-0.4, -0.2) is 18.9 Å². The van der Waals surface area contributed by atoms with Crippen LogP contribution in [0.1, 0.15) is 11.1 Å². The van der Waals surface area contributed by atoms with E-state index in [4.69, 9.17) is 9.68 Å². The first-order chi connectivity index (χ1) is 8.94. The molecule has 0 aliphatic heterocycles. The Bertz CT molecular complexity index is 486. The molecule has 2 aromatic rings. The summed E-state index contributed by atoms with van der Waals surface area (Å²) in [5, 5.41) is 0. The summed E-state index contributed by atoms with van der Waals surface area (Å²) < 4.78 is 0. The summed E-state index contributed by atoms with van der Waals surface area (Å²) in [6.07, 6.45) is 0. The molecule has 0 saturated heterocycles. The summed E-state index contributed by atoms with van der Waals surface area (Å²) in [6.45, 7) is 4.10. The van der Waals surface area contributed by atoms with Crippen LogP contribution in [0.2, 0.25) is 0 Å². The molecule has 0 saturated carbocycles. The molecule has 2 aromatic carbocycles. The first kappa shape index (κ1) is 16.3. The zero-order chi connectivity index (χ0) is 13.9. The van der Waals surface area contributed by atoms with Gasteiger partial charge in [0.1, 0.15) is 0 Å². The van der Waals surface area contributed by atoms with Gasteiger partial charge < -0.3 is 12.4 Å². The number of aryl methyl sites for hydroxylation is 2. The number of benzene rings is 2. The largest absolute Gasteiger partial charge is 1.00 e. The van der Waals surface area contributed by atoms with Gasteiger partial charge in [0.15, 0.2) is 25.6 Å². The van der Waals surface area contributed by atoms with E-state index in [0.29, 0.717) is 0 Å². The van der Waals surface area contributed by atoms with Gasteiger partial charge in [0.2, 0.25) is 0 Å². The van der Waals surface area contributed by atoms with E-state index >= 15 is 0 Å². The van der Waals surface area contributed by atoms with Crippen molar-refractivity contribution in [3.63, 3.8) is 0 Å². The minimum atomic E-state index is -0.0217. The van der Waals surface area contributed by atoms with Crippen molar-refractivity contribution >= 4 is 0 Å². The lowest BCUT2D eigenvalue weighted by Gasteiger charge is -2.24. The van der Waals surface area contributed by atoms with Crippen LogP contribution in [0.4, 0.5) is 0 Å². The molecular weight excluding hydrogens is 274 g/mol. The van der Waals surface area contributed by atoms with Crippen molar-refractivity contribution < 1.29 is 26.9 Å². The van der Waals surface area contributed by atoms with Crippen molar-refractivity contribution in [2.24, 2.45) is 0 Å². The summed E-state index contributed by atoms with van der Waals surface area (Å²) in [4.78, 5) is 11.6. The lowest BCUT2D eigenvalue weighted by atomic mass is 10.2. The molecule has 0 aliphatic carbocycles. The van der Waals surface area contributed by atoms with Crippen molar-refractivity contribution in [3.05, 3.63) is 59.7 Å². The highest BCUT2D eigenvalue weighted by Gasteiger charge is 2.21. The Balaban J connectivity index is 0.00000200. The van der Waals surface area contributed by atoms with Crippen LogP contribution in [0.3, 0.4) is 0 Å². The van der Waals surface area contributed by atoms with Gasteiger partial charge >= 0.3 is 0 Å². The third kappa shape index (κ3) is 4.76. The van der Waals surface area contributed by atoms with Gasteiger partial charge in [-0.3, -0.25) is 9.68 Å². The highest BCUT2D eigenvalue weighted by Crippen LogP contribution is 2.19. The summed E-state index contributed by atoms with van der Waals surface area (Å²) in [7, 11) is 3.69. The van der Waals surface area contributed by atoms with Crippen LogP contribution in [0.25, 0.3) is 0 Å². The molecule has 2 rings (SSSR count). The molecule has 0 spiro atoms. The van der Waals surface area contributed by atoms with Crippen LogP contribution < -0.4 is 22.1 Å². The van der Waals surface area contributed by atoms with Gasteiger partial charge in [-0.05, 0) is 38.1 Å². The van der Waals surface area contributed by atoms with Gasteiger partial charge in [0.05, 0.1) is 0 Å². The number of halogens is 1. The second-order valence-electron chi connectivity index (χ2n) is 5.06. The lowest BCUT2D eigenvalue weighted by Crippen LogP contribution is -3.00. The maximum Gasteiger partial charge on any atom is 0.195 e. The van der Waals surface area contributed by atoms with Gasteiger partial charge in [-0.15, -0.1) is 0 Å². The quantitative estimate of drug-likeness (QED) is 0.609. The van der Waals surface area contributed by atoms with Crippen molar-refractivity contribution in [2.45, 2.75) is 13.8 Å². The molecule has 0 bridgehead atoms. The number of hydrogen-bond acceptors (Lipinski definition) is 2. The van der Waals surface area contributed by atoms with Crippen molar-refractivity contribution in [1.82, 2.24) is 0 Å². The van der Waals surface area contributed by atoms with Gasteiger partial charge in [-0.1, -0.05) is 35.4 Å². The van der Waals surface area contributed by atoms with Gasteiger partial charge in [-0.25, -0.2) is 0 Å². The summed E-state index contributed by atoms with van der Waals surface area (Å²) in [5.74, 6) is 1.56.